The molecule has 2 saturated carbocycles. The lowest BCUT2D eigenvalue weighted by atomic mass is 9.80. The molecule has 88 valence electrons. The van der Waals surface area contributed by atoms with Gasteiger partial charge < -0.3 is 10.1 Å². The lowest BCUT2D eigenvalue weighted by Gasteiger charge is -2.40. The van der Waals surface area contributed by atoms with Gasteiger partial charge in [0.15, 0.2) is 0 Å². The Morgan fingerprint density at radius 1 is 1.50 bits per heavy atom. The van der Waals surface area contributed by atoms with Crippen molar-refractivity contribution < 1.29 is 4.74 Å². The van der Waals surface area contributed by atoms with E-state index in [-0.39, 0.29) is 5.60 Å². The summed E-state index contributed by atoms with van der Waals surface area (Å²) in [5.41, 5.74) is 0.0609. The van der Waals surface area contributed by atoms with Gasteiger partial charge in [-0.2, -0.15) is 4.37 Å². The van der Waals surface area contributed by atoms with E-state index in [0.29, 0.717) is 5.92 Å². The summed E-state index contributed by atoms with van der Waals surface area (Å²) in [5, 5.41) is 4.31. The number of aromatic nitrogens is 2. The first kappa shape index (κ1) is 10.5. The molecule has 0 radical (unpaired) electrons. The predicted molar refractivity (Wildman–Crippen MR) is 64.0 cm³/mol. The predicted octanol–water partition coefficient (Wildman–Crippen LogP) is 2.40. The van der Waals surface area contributed by atoms with Gasteiger partial charge in [-0.15, -0.1) is 0 Å². The van der Waals surface area contributed by atoms with Crippen molar-refractivity contribution in [3.05, 3.63) is 5.82 Å². The average Bonchev–Trinajstić information content (AvgIpc) is 2.98. The molecule has 3 rings (SSSR count). The lowest BCUT2D eigenvalue weighted by molar-refractivity contribution is -0.0601. The molecule has 1 aromatic rings. The third-order valence-electron chi connectivity index (χ3n) is 3.64. The van der Waals surface area contributed by atoms with Crippen molar-refractivity contribution in [2.75, 3.05) is 19.0 Å². The maximum atomic E-state index is 5.56. The van der Waals surface area contributed by atoms with Crippen LogP contribution in [0.4, 0.5) is 5.13 Å². The molecule has 0 atom stereocenters. The Balaban J connectivity index is 1.56. The van der Waals surface area contributed by atoms with Gasteiger partial charge in [0.2, 0.25) is 5.13 Å². The largest absolute Gasteiger partial charge is 0.376 e. The molecule has 0 unspecified atom stereocenters. The Morgan fingerprint density at radius 3 is 2.88 bits per heavy atom. The molecule has 4 nitrogen and oxygen atoms in total. The zero-order valence-corrected chi connectivity index (χ0v) is 10.3. The second-order valence-corrected chi connectivity index (χ2v) is 5.58. The summed E-state index contributed by atoms with van der Waals surface area (Å²) in [5.74, 6) is 1.68. The molecular formula is C11H17N3OS. The molecule has 2 aliphatic carbocycles. The summed E-state index contributed by atoms with van der Waals surface area (Å²) in [6, 6.07) is 0. The Labute approximate surface area is 99.6 Å². The molecular weight excluding hydrogens is 222 g/mol. The van der Waals surface area contributed by atoms with Crippen LogP contribution in [0.2, 0.25) is 0 Å². The second kappa shape index (κ2) is 3.96. The zero-order valence-electron chi connectivity index (χ0n) is 9.53. The van der Waals surface area contributed by atoms with Crippen molar-refractivity contribution >= 4 is 16.7 Å². The zero-order chi connectivity index (χ0) is 11.0. The SMILES string of the molecule is COC1(CNc2nc(C3CC3)ns2)CCC1. The molecule has 2 aliphatic rings. The molecule has 0 saturated heterocycles. The van der Waals surface area contributed by atoms with Crippen LogP contribution >= 0.6 is 11.5 Å². The number of hydrogen-bond acceptors (Lipinski definition) is 5. The first-order valence-electron chi connectivity index (χ1n) is 5.94. The van der Waals surface area contributed by atoms with Crippen molar-refractivity contribution in [1.82, 2.24) is 9.36 Å². The Bertz CT molecular complexity index is 366. The smallest absolute Gasteiger partial charge is 0.202 e. The van der Waals surface area contributed by atoms with Gasteiger partial charge in [0.1, 0.15) is 5.82 Å². The van der Waals surface area contributed by atoms with Gasteiger partial charge in [-0.25, -0.2) is 4.98 Å². The maximum Gasteiger partial charge on any atom is 0.202 e. The monoisotopic (exact) mass is 239 g/mol. The first-order valence-corrected chi connectivity index (χ1v) is 6.71. The van der Waals surface area contributed by atoms with Crippen LogP contribution in [0.25, 0.3) is 0 Å². The highest BCUT2D eigenvalue weighted by Gasteiger charge is 2.37. The average molecular weight is 239 g/mol. The van der Waals surface area contributed by atoms with Crippen LogP contribution in [0.3, 0.4) is 0 Å². The first-order chi connectivity index (χ1) is 7.81. The quantitative estimate of drug-likeness (QED) is 0.857. The van der Waals surface area contributed by atoms with Crippen LogP contribution in [0.1, 0.15) is 43.8 Å². The van der Waals surface area contributed by atoms with Gasteiger partial charge in [0.25, 0.3) is 0 Å². The molecule has 2 fully saturated rings. The molecule has 1 heterocycles. The second-order valence-electron chi connectivity index (χ2n) is 4.83. The normalized spacial score (nSPS) is 22.8. The third-order valence-corrected chi connectivity index (χ3v) is 4.33. The van der Waals surface area contributed by atoms with Crippen LogP contribution in [0, 0.1) is 0 Å². The highest BCUT2D eigenvalue weighted by molar-refractivity contribution is 7.09. The van der Waals surface area contributed by atoms with Crippen molar-refractivity contribution in [3.8, 4) is 0 Å². The lowest BCUT2D eigenvalue weighted by Crippen LogP contribution is -2.45. The van der Waals surface area contributed by atoms with Crippen molar-refractivity contribution in [2.24, 2.45) is 0 Å². The van der Waals surface area contributed by atoms with Gasteiger partial charge in [-0.05, 0) is 32.1 Å². The van der Waals surface area contributed by atoms with E-state index in [2.05, 4.69) is 14.7 Å². The minimum Gasteiger partial charge on any atom is -0.376 e. The van der Waals surface area contributed by atoms with Crippen LogP contribution < -0.4 is 5.32 Å². The fourth-order valence-corrected chi connectivity index (χ4v) is 2.72. The minimum absolute atomic E-state index is 0.0609. The number of hydrogen-bond donors (Lipinski definition) is 1. The molecule has 0 spiro atoms. The molecule has 16 heavy (non-hydrogen) atoms. The number of nitrogens with zero attached hydrogens (tertiary/aromatic N) is 2. The van der Waals surface area contributed by atoms with Crippen molar-refractivity contribution in [1.29, 1.82) is 0 Å². The fraction of sp³-hybridized carbons (Fsp3) is 0.818. The topological polar surface area (TPSA) is 47.0 Å². The number of rotatable bonds is 5. The van der Waals surface area contributed by atoms with Gasteiger partial charge in [0, 0.05) is 31.1 Å². The van der Waals surface area contributed by atoms with Crippen molar-refractivity contribution in [3.63, 3.8) is 0 Å². The van der Waals surface area contributed by atoms with Gasteiger partial charge in [0.05, 0.1) is 5.60 Å². The molecule has 1 aromatic heterocycles. The summed E-state index contributed by atoms with van der Waals surface area (Å²) in [6.45, 7) is 0.864. The summed E-state index contributed by atoms with van der Waals surface area (Å²) in [4.78, 5) is 4.51. The van der Waals surface area contributed by atoms with E-state index in [1.807, 2.05) is 0 Å². The Morgan fingerprint density at radius 2 is 2.31 bits per heavy atom. The molecule has 1 N–H and O–H groups in total. The molecule has 5 heteroatoms. The number of nitrogens with one attached hydrogen (secondary N) is 1. The number of methoxy groups -OCH3 is 1. The van der Waals surface area contributed by atoms with Gasteiger partial charge >= 0.3 is 0 Å². The standard InChI is InChI=1S/C11H17N3OS/c1-15-11(5-2-6-11)7-12-10-13-9(14-16-10)8-3-4-8/h8H,2-7H2,1H3,(H,12,13,14). The van der Waals surface area contributed by atoms with E-state index < -0.39 is 0 Å². The maximum absolute atomic E-state index is 5.56. The van der Waals surface area contributed by atoms with Crippen LogP contribution in [0.15, 0.2) is 0 Å². The molecule has 0 amide bonds. The van der Waals surface area contributed by atoms with E-state index in [4.69, 9.17) is 4.74 Å². The van der Waals surface area contributed by atoms with E-state index >= 15 is 0 Å². The van der Waals surface area contributed by atoms with Gasteiger partial charge in [-0.3, -0.25) is 0 Å². The third kappa shape index (κ3) is 1.94. The van der Waals surface area contributed by atoms with Crippen LogP contribution in [-0.2, 0) is 4.74 Å². The Kier molecular flexibility index (Phi) is 2.59. The van der Waals surface area contributed by atoms with E-state index in [1.165, 1.54) is 30.8 Å². The van der Waals surface area contributed by atoms with Crippen molar-refractivity contribution in [2.45, 2.75) is 43.6 Å². The number of anilines is 1. The molecule has 0 bridgehead atoms. The highest BCUT2D eigenvalue weighted by Crippen LogP contribution is 2.39. The van der Waals surface area contributed by atoms with Gasteiger partial charge in [-0.1, -0.05) is 0 Å². The number of ether oxygens (including phenoxy) is 1. The fourth-order valence-electron chi connectivity index (χ4n) is 2.07. The Hall–Kier alpha value is -0.680. The van der Waals surface area contributed by atoms with E-state index in [9.17, 15) is 0 Å². The summed E-state index contributed by atoms with van der Waals surface area (Å²) in [6.07, 6.45) is 6.12. The minimum atomic E-state index is 0.0609. The van der Waals surface area contributed by atoms with Crippen LogP contribution in [-0.4, -0.2) is 28.6 Å². The summed E-state index contributed by atoms with van der Waals surface area (Å²) in [7, 11) is 1.80. The molecule has 0 aromatic carbocycles. The van der Waals surface area contributed by atoms with E-state index in [0.717, 1.165) is 30.3 Å². The van der Waals surface area contributed by atoms with E-state index in [1.54, 1.807) is 7.11 Å². The molecule has 0 aliphatic heterocycles. The highest BCUT2D eigenvalue weighted by atomic mass is 32.1. The summed E-state index contributed by atoms with van der Waals surface area (Å²) >= 11 is 1.48. The van der Waals surface area contributed by atoms with Crippen LogP contribution in [0.5, 0.6) is 0 Å². The summed E-state index contributed by atoms with van der Waals surface area (Å²) < 4.78 is 9.93.